The molecule has 1 aromatic rings. The molecule has 4 nitrogen and oxygen atoms in total. The quantitative estimate of drug-likeness (QED) is 0.905. The molecule has 1 N–H and O–H groups in total. The fraction of sp³-hybridized carbons (Fsp3) is 0.733. The first kappa shape index (κ1) is 12.7. The molecule has 1 amide bonds. The predicted octanol–water partition coefficient (Wildman–Crippen LogP) is 2.46. The Balaban J connectivity index is 1.60. The molecule has 2 aliphatic rings. The average molecular weight is 261 g/mol. The maximum atomic E-state index is 12.2. The monoisotopic (exact) mass is 261 g/mol. The SMILES string of the molecule is CCn1ccc(C(=O)NC(C)C2CC3CCC2C3)n1. The summed E-state index contributed by atoms with van der Waals surface area (Å²) in [4.78, 5) is 12.2. The van der Waals surface area contributed by atoms with E-state index in [4.69, 9.17) is 0 Å². The standard InChI is InChI=1S/C15H23N3O/c1-3-18-7-6-14(17-18)15(19)16-10(2)13-9-11-4-5-12(13)8-11/h6-7,10-13H,3-5,8-9H2,1-2H3,(H,16,19). The molecule has 4 atom stereocenters. The van der Waals surface area contributed by atoms with Gasteiger partial charge in [-0.1, -0.05) is 6.42 Å². The Bertz CT molecular complexity index is 468. The Labute approximate surface area is 114 Å². The van der Waals surface area contributed by atoms with Crippen LogP contribution < -0.4 is 5.32 Å². The van der Waals surface area contributed by atoms with E-state index in [-0.39, 0.29) is 11.9 Å². The molecule has 2 saturated carbocycles. The van der Waals surface area contributed by atoms with Gasteiger partial charge in [-0.15, -0.1) is 0 Å². The van der Waals surface area contributed by atoms with Crippen LogP contribution in [0.25, 0.3) is 0 Å². The third-order valence-corrected chi connectivity index (χ3v) is 4.99. The number of aromatic nitrogens is 2. The number of carbonyl (C=O) groups excluding carboxylic acids is 1. The minimum Gasteiger partial charge on any atom is -0.348 e. The van der Waals surface area contributed by atoms with Crippen molar-refractivity contribution in [3.63, 3.8) is 0 Å². The molecule has 0 aromatic carbocycles. The van der Waals surface area contributed by atoms with E-state index in [0.29, 0.717) is 11.6 Å². The van der Waals surface area contributed by atoms with Gasteiger partial charge in [-0.2, -0.15) is 5.10 Å². The van der Waals surface area contributed by atoms with Crippen LogP contribution in [0, 0.1) is 17.8 Å². The second kappa shape index (κ2) is 4.99. The van der Waals surface area contributed by atoms with Gasteiger partial charge in [-0.05, 0) is 56.9 Å². The first-order valence-corrected chi connectivity index (χ1v) is 7.51. The van der Waals surface area contributed by atoms with Gasteiger partial charge in [0.15, 0.2) is 0 Å². The largest absolute Gasteiger partial charge is 0.348 e. The summed E-state index contributed by atoms with van der Waals surface area (Å²) in [6, 6.07) is 2.07. The molecule has 0 aliphatic heterocycles. The van der Waals surface area contributed by atoms with Crippen molar-refractivity contribution < 1.29 is 4.79 Å². The van der Waals surface area contributed by atoms with Gasteiger partial charge in [0.2, 0.25) is 0 Å². The Kier molecular flexibility index (Phi) is 3.33. The van der Waals surface area contributed by atoms with Crippen LogP contribution in [0.4, 0.5) is 0 Å². The van der Waals surface area contributed by atoms with E-state index in [0.717, 1.165) is 18.4 Å². The number of amides is 1. The third-order valence-electron chi connectivity index (χ3n) is 4.99. The highest BCUT2D eigenvalue weighted by molar-refractivity contribution is 5.92. The van der Waals surface area contributed by atoms with Crippen molar-refractivity contribution in [2.45, 2.75) is 52.1 Å². The van der Waals surface area contributed by atoms with Crippen LogP contribution in [0.5, 0.6) is 0 Å². The van der Waals surface area contributed by atoms with E-state index in [1.807, 2.05) is 13.1 Å². The second-order valence-electron chi connectivity index (χ2n) is 6.16. The first-order valence-electron chi connectivity index (χ1n) is 7.51. The number of nitrogens with one attached hydrogen (secondary N) is 1. The van der Waals surface area contributed by atoms with Crippen molar-refractivity contribution in [3.8, 4) is 0 Å². The zero-order valence-electron chi connectivity index (χ0n) is 11.8. The molecule has 0 saturated heterocycles. The molecule has 0 spiro atoms. The maximum absolute atomic E-state index is 12.2. The molecular weight excluding hydrogens is 238 g/mol. The van der Waals surface area contributed by atoms with Crippen LogP contribution >= 0.6 is 0 Å². The summed E-state index contributed by atoms with van der Waals surface area (Å²) in [6.07, 6.45) is 7.31. The van der Waals surface area contributed by atoms with Crippen LogP contribution in [-0.4, -0.2) is 21.7 Å². The molecule has 2 fully saturated rings. The van der Waals surface area contributed by atoms with Crippen molar-refractivity contribution in [2.24, 2.45) is 17.8 Å². The topological polar surface area (TPSA) is 46.9 Å². The molecule has 1 aromatic heterocycles. The van der Waals surface area contributed by atoms with E-state index in [9.17, 15) is 4.79 Å². The molecule has 3 rings (SSSR count). The minimum atomic E-state index is -0.0255. The Hall–Kier alpha value is -1.32. The molecule has 0 radical (unpaired) electrons. The maximum Gasteiger partial charge on any atom is 0.271 e. The normalized spacial score (nSPS) is 30.5. The number of hydrogen-bond acceptors (Lipinski definition) is 2. The number of nitrogens with zero attached hydrogens (tertiary/aromatic N) is 2. The van der Waals surface area contributed by atoms with Crippen LogP contribution in [0.1, 0.15) is 50.0 Å². The van der Waals surface area contributed by atoms with Gasteiger partial charge >= 0.3 is 0 Å². The van der Waals surface area contributed by atoms with Crippen molar-refractivity contribution in [2.75, 3.05) is 0 Å². The summed E-state index contributed by atoms with van der Waals surface area (Å²) in [5.41, 5.74) is 0.539. The van der Waals surface area contributed by atoms with Gasteiger partial charge in [0.25, 0.3) is 5.91 Å². The molecule has 2 aliphatic carbocycles. The van der Waals surface area contributed by atoms with Gasteiger partial charge in [0.1, 0.15) is 5.69 Å². The number of fused-ring (bicyclic) bond motifs is 2. The van der Waals surface area contributed by atoms with Crippen LogP contribution in [0.15, 0.2) is 12.3 Å². The van der Waals surface area contributed by atoms with E-state index in [1.54, 1.807) is 10.7 Å². The summed E-state index contributed by atoms with van der Waals surface area (Å²) >= 11 is 0. The van der Waals surface area contributed by atoms with Crippen molar-refractivity contribution in [3.05, 3.63) is 18.0 Å². The number of hydrogen-bond donors (Lipinski definition) is 1. The fourth-order valence-corrected chi connectivity index (χ4v) is 3.95. The predicted molar refractivity (Wildman–Crippen MR) is 73.8 cm³/mol. The Morgan fingerprint density at radius 1 is 1.53 bits per heavy atom. The Morgan fingerprint density at radius 2 is 2.37 bits per heavy atom. The van der Waals surface area contributed by atoms with E-state index < -0.39 is 0 Å². The summed E-state index contributed by atoms with van der Waals surface area (Å²) in [5.74, 6) is 2.42. The zero-order chi connectivity index (χ0) is 13.4. The zero-order valence-corrected chi connectivity index (χ0v) is 11.8. The van der Waals surface area contributed by atoms with Crippen molar-refractivity contribution in [1.29, 1.82) is 0 Å². The first-order chi connectivity index (χ1) is 9.17. The molecule has 19 heavy (non-hydrogen) atoms. The molecule has 4 heteroatoms. The summed E-state index contributed by atoms with van der Waals surface area (Å²) in [7, 11) is 0. The highest BCUT2D eigenvalue weighted by Crippen LogP contribution is 2.49. The molecule has 4 unspecified atom stereocenters. The lowest BCUT2D eigenvalue weighted by Gasteiger charge is -2.28. The molecule has 1 heterocycles. The number of rotatable bonds is 4. The lowest BCUT2D eigenvalue weighted by Crippen LogP contribution is -2.40. The van der Waals surface area contributed by atoms with Crippen molar-refractivity contribution in [1.82, 2.24) is 15.1 Å². The highest BCUT2D eigenvalue weighted by atomic mass is 16.2. The third kappa shape index (κ3) is 2.40. The number of carbonyl (C=O) groups is 1. The van der Waals surface area contributed by atoms with E-state index >= 15 is 0 Å². The van der Waals surface area contributed by atoms with E-state index in [1.165, 1.54) is 25.7 Å². The van der Waals surface area contributed by atoms with Gasteiger partial charge < -0.3 is 5.32 Å². The molecular formula is C15H23N3O. The Morgan fingerprint density at radius 3 is 2.95 bits per heavy atom. The van der Waals surface area contributed by atoms with Gasteiger partial charge in [-0.3, -0.25) is 9.48 Å². The number of aryl methyl sites for hydroxylation is 1. The summed E-state index contributed by atoms with van der Waals surface area (Å²) in [6.45, 7) is 4.97. The highest BCUT2D eigenvalue weighted by Gasteiger charge is 2.42. The van der Waals surface area contributed by atoms with Gasteiger partial charge in [0, 0.05) is 18.8 Å². The minimum absolute atomic E-state index is 0.0255. The smallest absolute Gasteiger partial charge is 0.271 e. The lowest BCUT2D eigenvalue weighted by molar-refractivity contribution is 0.0909. The van der Waals surface area contributed by atoms with Crippen LogP contribution in [0.3, 0.4) is 0 Å². The molecule has 2 bridgehead atoms. The van der Waals surface area contributed by atoms with Crippen LogP contribution in [-0.2, 0) is 6.54 Å². The summed E-state index contributed by atoms with van der Waals surface area (Å²) in [5, 5.41) is 7.41. The van der Waals surface area contributed by atoms with Crippen LogP contribution in [0.2, 0.25) is 0 Å². The van der Waals surface area contributed by atoms with Gasteiger partial charge in [-0.25, -0.2) is 0 Å². The molecule has 104 valence electrons. The fourth-order valence-electron chi connectivity index (χ4n) is 3.95. The van der Waals surface area contributed by atoms with E-state index in [2.05, 4.69) is 17.3 Å². The van der Waals surface area contributed by atoms with Crippen molar-refractivity contribution >= 4 is 5.91 Å². The average Bonchev–Trinajstić information content (AvgIpc) is 3.13. The second-order valence-corrected chi connectivity index (χ2v) is 6.16. The van der Waals surface area contributed by atoms with Gasteiger partial charge in [0.05, 0.1) is 0 Å². The lowest BCUT2D eigenvalue weighted by atomic mass is 9.84. The summed E-state index contributed by atoms with van der Waals surface area (Å²) < 4.78 is 1.79.